The number of benzene rings is 1. The van der Waals surface area contributed by atoms with Crippen LogP contribution in [0.1, 0.15) is 18.7 Å². The van der Waals surface area contributed by atoms with Gasteiger partial charge in [0.25, 0.3) is 0 Å². The Morgan fingerprint density at radius 2 is 2.00 bits per heavy atom. The Morgan fingerprint density at radius 1 is 1.28 bits per heavy atom. The molecular weight excluding hydrogens is 299 g/mol. The lowest BCUT2D eigenvalue weighted by atomic mass is 10.2. The summed E-state index contributed by atoms with van der Waals surface area (Å²) < 4.78 is 19.0. The second-order valence-electron chi connectivity index (χ2n) is 3.89. The Balaban J connectivity index is 2.15. The van der Waals surface area contributed by atoms with E-state index in [1.165, 1.54) is 6.07 Å². The fourth-order valence-electron chi connectivity index (χ4n) is 1.40. The Kier molecular flexibility index (Phi) is 3.93. The number of pyridine rings is 1. The summed E-state index contributed by atoms with van der Waals surface area (Å²) in [6.45, 7) is 1.86. The van der Waals surface area contributed by atoms with Gasteiger partial charge in [-0.05, 0) is 53.2 Å². The molecule has 5 heteroatoms. The molecule has 0 radical (unpaired) electrons. The van der Waals surface area contributed by atoms with E-state index in [0.717, 1.165) is 5.69 Å². The van der Waals surface area contributed by atoms with Gasteiger partial charge >= 0.3 is 0 Å². The topological polar surface area (TPSA) is 48.1 Å². The van der Waals surface area contributed by atoms with Crippen molar-refractivity contribution in [3.63, 3.8) is 0 Å². The Hall–Kier alpha value is -1.46. The van der Waals surface area contributed by atoms with Crippen molar-refractivity contribution in [1.82, 2.24) is 4.98 Å². The van der Waals surface area contributed by atoms with Crippen LogP contribution in [0.5, 0.6) is 11.5 Å². The van der Waals surface area contributed by atoms with Crippen LogP contribution in [0.15, 0.2) is 41.0 Å². The lowest BCUT2D eigenvalue weighted by molar-refractivity contribution is 0.476. The molecule has 1 aromatic carbocycles. The van der Waals surface area contributed by atoms with E-state index in [-0.39, 0.29) is 11.9 Å². The van der Waals surface area contributed by atoms with E-state index in [1.807, 2.05) is 6.92 Å². The van der Waals surface area contributed by atoms with E-state index in [4.69, 9.17) is 10.5 Å². The highest BCUT2D eigenvalue weighted by atomic mass is 79.9. The van der Waals surface area contributed by atoms with Crippen molar-refractivity contribution in [3.05, 3.63) is 52.5 Å². The minimum Gasteiger partial charge on any atom is -0.456 e. The first kappa shape index (κ1) is 13.0. The van der Waals surface area contributed by atoms with Gasteiger partial charge in [0.05, 0.1) is 16.4 Å². The van der Waals surface area contributed by atoms with Crippen molar-refractivity contribution in [2.75, 3.05) is 0 Å². The predicted octanol–water partition coefficient (Wildman–Crippen LogP) is 3.80. The first-order chi connectivity index (χ1) is 8.56. The van der Waals surface area contributed by atoms with E-state index < -0.39 is 0 Å². The zero-order chi connectivity index (χ0) is 13.1. The fourth-order valence-corrected chi connectivity index (χ4v) is 1.76. The molecule has 0 aliphatic carbocycles. The normalized spacial score (nSPS) is 12.2. The van der Waals surface area contributed by atoms with E-state index in [0.29, 0.717) is 16.0 Å². The standard InChI is InChI=1S/C13H12BrFN2O/c1-8(16)13-5-3-10(7-17-13)18-9-2-4-12(15)11(14)6-9/h2-8H,16H2,1H3/t8-/m1/s1. The van der Waals surface area contributed by atoms with Crippen molar-refractivity contribution >= 4 is 15.9 Å². The molecule has 2 aromatic rings. The minimum absolute atomic E-state index is 0.112. The van der Waals surface area contributed by atoms with Gasteiger partial charge in [-0.3, -0.25) is 4.98 Å². The number of hydrogen-bond acceptors (Lipinski definition) is 3. The van der Waals surface area contributed by atoms with Gasteiger partial charge in [-0.15, -0.1) is 0 Å². The van der Waals surface area contributed by atoms with E-state index in [9.17, 15) is 4.39 Å². The third-order valence-corrected chi connectivity index (χ3v) is 2.96. The van der Waals surface area contributed by atoms with Crippen LogP contribution in [0.2, 0.25) is 0 Å². The van der Waals surface area contributed by atoms with Crippen LogP contribution in [0.3, 0.4) is 0 Å². The first-order valence-electron chi connectivity index (χ1n) is 5.40. The maximum absolute atomic E-state index is 13.1. The molecule has 0 aliphatic rings. The summed E-state index contributed by atoms with van der Waals surface area (Å²) in [7, 11) is 0. The average molecular weight is 311 g/mol. The van der Waals surface area contributed by atoms with Gasteiger partial charge < -0.3 is 10.5 Å². The molecule has 0 fully saturated rings. The monoisotopic (exact) mass is 310 g/mol. The summed E-state index contributed by atoms with van der Waals surface area (Å²) in [5.74, 6) is 0.796. The molecule has 3 nitrogen and oxygen atoms in total. The summed E-state index contributed by atoms with van der Waals surface area (Å²) in [4.78, 5) is 4.18. The van der Waals surface area contributed by atoms with E-state index in [1.54, 1.807) is 30.5 Å². The van der Waals surface area contributed by atoms with Gasteiger partial charge in [0.2, 0.25) is 0 Å². The Morgan fingerprint density at radius 3 is 2.56 bits per heavy atom. The number of hydrogen-bond donors (Lipinski definition) is 1. The van der Waals surface area contributed by atoms with Gasteiger partial charge in [-0.25, -0.2) is 4.39 Å². The molecular formula is C13H12BrFN2O. The zero-order valence-electron chi connectivity index (χ0n) is 9.73. The number of aromatic nitrogens is 1. The van der Waals surface area contributed by atoms with Crippen LogP contribution >= 0.6 is 15.9 Å². The van der Waals surface area contributed by atoms with Crippen LogP contribution in [0, 0.1) is 5.82 Å². The molecule has 0 bridgehead atoms. The maximum atomic E-state index is 13.1. The molecule has 0 amide bonds. The molecule has 0 aliphatic heterocycles. The van der Waals surface area contributed by atoms with Crippen LogP contribution < -0.4 is 10.5 Å². The number of nitrogens with zero attached hydrogens (tertiary/aromatic N) is 1. The molecule has 1 heterocycles. The molecule has 1 atom stereocenters. The highest BCUT2D eigenvalue weighted by Crippen LogP contribution is 2.26. The predicted molar refractivity (Wildman–Crippen MR) is 71.0 cm³/mol. The molecule has 0 spiro atoms. The van der Waals surface area contributed by atoms with Crippen LogP contribution in [-0.2, 0) is 0 Å². The van der Waals surface area contributed by atoms with Crippen molar-refractivity contribution in [1.29, 1.82) is 0 Å². The Bertz CT molecular complexity index is 543. The second kappa shape index (κ2) is 5.46. The van der Waals surface area contributed by atoms with Gasteiger partial charge in [-0.2, -0.15) is 0 Å². The number of ether oxygens (including phenoxy) is 1. The SMILES string of the molecule is C[C@@H](N)c1ccc(Oc2ccc(F)c(Br)c2)cn1. The summed E-state index contributed by atoms with van der Waals surface area (Å²) in [5, 5.41) is 0. The second-order valence-corrected chi connectivity index (χ2v) is 4.74. The minimum atomic E-state index is -0.326. The highest BCUT2D eigenvalue weighted by Gasteiger charge is 2.04. The lowest BCUT2D eigenvalue weighted by Gasteiger charge is -2.08. The largest absolute Gasteiger partial charge is 0.456 e. The van der Waals surface area contributed by atoms with Gasteiger partial charge in [0, 0.05) is 6.04 Å². The number of halogens is 2. The van der Waals surface area contributed by atoms with Crippen LogP contribution in [0.25, 0.3) is 0 Å². The third kappa shape index (κ3) is 3.05. The smallest absolute Gasteiger partial charge is 0.145 e. The third-order valence-electron chi connectivity index (χ3n) is 2.35. The van der Waals surface area contributed by atoms with Gasteiger partial charge in [0.15, 0.2) is 0 Å². The number of nitrogens with two attached hydrogens (primary N) is 1. The summed E-state index contributed by atoms with van der Waals surface area (Å²) >= 11 is 3.10. The molecule has 0 unspecified atom stereocenters. The summed E-state index contributed by atoms with van der Waals surface area (Å²) in [6, 6.07) is 7.93. The molecule has 2 rings (SSSR count). The van der Waals surface area contributed by atoms with E-state index >= 15 is 0 Å². The van der Waals surface area contributed by atoms with Gasteiger partial charge in [0.1, 0.15) is 17.3 Å². The highest BCUT2D eigenvalue weighted by molar-refractivity contribution is 9.10. The molecule has 0 saturated carbocycles. The van der Waals surface area contributed by atoms with Crippen molar-refractivity contribution in [2.24, 2.45) is 5.73 Å². The van der Waals surface area contributed by atoms with Crippen LogP contribution in [-0.4, -0.2) is 4.98 Å². The Labute approximate surface area is 113 Å². The van der Waals surface area contributed by atoms with Crippen LogP contribution in [0.4, 0.5) is 4.39 Å². The summed E-state index contributed by atoms with van der Waals surface area (Å²) in [6.07, 6.45) is 1.59. The molecule has 94 valence electrons. The van der Waals surface area contributed by atoms with Gasteiger partial charge in [-0.1, -0.05) is 0 Å². The average Bonchev–Trinajstić information content (AvgIpc) is 2.34. The summed E-state index contributed by atoms with van der Waals surface area (Å²) in [5.41, 5.74) is 6.50. The molecule has 2 N–H and O–H groups in total. The van der Waals surface area contributed by atoms with Crippen molar-refractivity contribution < 1.29 is 9.13 Å². The zero-order valence-corrected chi connectivity index (χ0v) is 11.3. The van der Waals surface area contributed by atoms with E-state index in [2.05, 4.69) is 20.9 Å². The molecule has 1 aromatic heterocycles. The first-order valence-corrected chi connectivity index (χ1v) is 6.20. The maximum Gasteiger partial charge on any atom is 0.145 e. The molecule has 18 heavy (non-hydrogen) atoms. The number of rotatable bonds is 3. The molecule has 0 saturated heterocycles. The van der Waals surface area contributed by atoms with Crippen molar-refractivity contribution in [3.8, 4) is 11.5 Å². The lowest BCUT2D eigenvalue weighted by Crippen LogP contribution is -2.06. The quantitative estimate of drug-likeness (QED) is 0.938. The fraction of sp³-hybridized carbons (Fsp3) is 0.154. The van der Waals surface area contributed by atoms with Crippen molar-refractivity contribution in [2.45, 2.75) is 13.0 Å².